The molecule has 0 heterocycles. The van der Waals surface area contributed by atoms with Crippen molar-refractivity contribution in [1.82, 2.24) is 5.32 Å². The standard InChI is InChI=1S/C7H12BrNO/c1-3-7(10)5-9-4-6(2)8/h3,7,9-10H,1-2,4-5H2/t7-/m0/s1. The van der Waals surface area contributed by atoms with Gasteiger partial charge in [-0.15, -0.1) is 6.58 Å². The molecule has 3 heteroatoms. The van der Waals surface area contributed by atoms with E-state index in [9.17, 15) is 0 Å². The fraction of sp³-hybridized carbons (Fsp3) is 0.429. The zero-order valence-corrected chi connectivity index (χ0v) is 7.39. The molecule has 0 radical (unpaired) electrons. The van der Waals surface area contributed by atoms with Crippen LogP contribution in [-0.4, -0.2) is 24.3 Å². The average molecular weight is 206 g/mol. The molecule has 0 aliphatic rings. The van der Waals surface area contributed by atoms with E-state index in [0.29, 0.717) is 13.1 Å². The van der Waals surface area contributed by atoms with Crippen LogP contribution in [0, 0.1) is 0 Å². The van der Waals surface area contributed by atoms with Crippen molar-refractivity contribution in [3.8, 4) is 0 Å². The van der Waals surface area contributed by atoms with Crippen LogP contribution in [0.3, 0.4) is 0 Å². The molecule has 0 aliphatic heterocycles. The first-order valence-electron chi connectivity index (χ1n) is 3.01. The van der Waals surface area contributed by atoms with Crippen LogP contribution in [0.25, 0.3) is 0 Å². The second-order valence-electron chi connectivity index (χ2n) is 1.95. The van der Waals surface area contributed by atoms with Gasteiger partial charge in [-0.2, -0.15) is 0 Å². The second kappa shape index (κ2) is 5.65. The Balaban J connectivity index is 3.19. The maximum Gasteiger partial charge on any atom is 0.0842 e. The maximum atomic E-state index is 8.95. The summed E-state index contributed by atoms with van der Waals surface area (Å²) in [6.07, 6.45) is 1.02. The highest BCUT2D eigenvalue weighted by atomic mass is 79.9. The van der Waals surface area contributed by atoms with Crippen LogP contribution in [0.1, 0.15) is 0 Å². The van der Waals surface area contributed by atoms with Crippen LogP contribution in [-0.2, 0) is 0 Å². The van der Waals surface area contributed by atoms with Gasteiger partial charge in [0.25, 0.3) is 0 Å². The highest BCUT2D eigenvalue weighted by molar-refractivity contribution is 9.11. The quantitative estimate of drug-likeness (QED) is 0.658. The number of aliphatic hydroxyl groups excluding tert-OH is 1. The summed E-state index contributed by atoms with van der Waals surface area (Å²) in [6.45, 7) is 8.25. The van der Waals surface area contributed by atoms with E-state index in [1.807, 2.05) is 0 Å². The Labute approximate surface area is 69.8 Å². The molecule has 2 N–H and O–H groups in total. The van der Waals surface area contributed by atoms with E-state index in [1.54, 1.807) is 0 Å². The molecular formula is C7H12BrNO. The van der Waals surface area contributed by atoms with E-state index >= 15 is 0 Å². The van der Waals surface area contributed by atoms with Gasteiger partial charge >= 0.3 is 0 Å². The topological polar surface area (TPSA) is 32.3 Å². The molecule has 0 saturated heterocycles. The Hall–Kier alpha value is -0.120. The van der Waals surface area contributed by atoms with Gasteiger partial charge in [-0.1, -0.05) is 28.6 Å². The van der Waals surface area contributed by atoms with E-state index in [-0.39, 0.29) is 0 Å². The monoisotopic (exact) mass is 205 g/mol. The largest absolute Gasteiger partial charge is 0.388 e. The normalized spacial score (nSPS) is 12.6. The Bertz CT molecular complexity index is 125. The van der Waals surface area contributed by atoms with Gasteiger partial charge in [-0.3, -0.25) is 0 Å². The SMILES string of the molecule is C=C[C@H](O)CNCC(=C)Br. The van der Waals surface area contributed by atoms with E-state index in [2.05, 4.69) is 34.4 Å². The van der Waals surface area contributed by atoms with Gasteiger partial charge in [-0.25, -0.2) is 0 Å². The van der Waals surface area contributed by atoms with Crippen molar-refractivity contribution in [2.45, 2.75) is 6.10 Å². The summed E-state index contributed by atoms with van der Waals surface area (Å²) in [5.74, 6) is 0. The fourth-order valence-corrected chi connectivity index (χ4v) is 0.637. The van der Waals surface area contributed by atoms with Gasteiger partial charge in [0.1, 0.15) is 0 Å². The van der Waals surface area contributed by atoms with Gasteiger partial charge in [0.05, 0.1) is 6.10 Å². The van der Waals surface area contributed by atoms with Gasteiger partial charge in [-0.05, 0) is 0 Å². The van der Waals surface area contributed by atoms with Gasteiger partial charge in [0.2, 0.25) is 0 Å². The van der Waals surface area contributed by atoms with E-state index in [4.69, 9.17) is 5.11 Å². The summed E-state index contributed by atoms with van der Waals surface area (Å²) in [7, 11) is 0. The van der Waals surface area contributed by atoms with Crippen molar-refractivity contribution in [3.05, 3.63) is 23.7 Å². The predicted octanol–water partition coefficient (Wildman–Crippen LogP) is 1.03. The third-order valence-corrected chi connectivity index (χ3v) is 1.22. The van der Waals surface area contributed by atoms with Gasteiger partial charge in [0, 0.05) is 17.6 Å². The zero-order valence-electron chi connectivity index (χ0n) is 5.81. The third-order valence-electron chi connectivity index (χ3n) is 0.942. The first-order valence-corrected chi connectivity index (χ1v) is 3.80. The molecule has 0 aliphatic carbocycles. The summed E-state index contributed by atoms with van der Waals surface area (Å²) in [5.41, 5.74) is 0. The summed E-state index contributed by atoms with van der Waals surface area (Å²) < 4.78 is 0.878. The van der Waals surface area contributed by atoms with Crippen molar-refractivity contribution >= 4 is 15.9 Å². The van der Waals surface area contributed by atoms with Crippen LogP contribution < -0.4 is 5.32 Å². The highest BCUT2D eigenvalue weighted by Crippen LogP contribution is 1.96. The summed E-state index contributed by atoms with van der Waals surface area (Å²) in [6, 6.07) is 0. The average Bonchev–Trinajstić information content (AvgIpc) is 1.87. The minimum Gasteiger partial charge on any atom is -0.388 e. The van der Waals surface area contributed by atoms with E-state index in [0.717, 1.165) is 4.48 Å². The molecule has 0 spiro atoms. The summed E-state index contributed by atoms with van der Waals surface area (Å²) in [5, 5.41) is 11.9. The van der Waals surface area contributed by atoms with E-state index in [1.165, 1.54) is 6.08 Å². The summed E-state index contributed by atoms with van der Waals surface area (Å²) in [4.78, 5) is 0. The third kappa shape index (κ3) is 6.01. The Morgan fingerprint density at radius 1 is 1.80 bits per heavy atom. The molecule has 1 atom stereocenters. The minimum atomic E-state index is -0.466. The molecule has 10 heavy (non-hydrogen) atoms. The van der Waals surface area contributed by atoms with Crippen molar-refractivity contribution in [3.63, 3.8) is 0 Å². The van der Waals surface area contributed by atoms with Crippen molar-refractivity contribution in [2.24, 2.45) is 0 Å². The van der Waals surface area contributed by atoms with Crippen molar-refractivity contribution < 1.29 is 5.11 Å². The van der Waals surface area contributed by atoms with Crippen LogP contribution in [0.2, 0.25) is 0 Å². The molecule has 0 saturated carbocycles. The molecule has 0 aromatic heterocycles. The smallest absolute Gasteiger partial charge is 0.0842 e. The number of hydrogen-bond donors (Lipinski definition) is 2. The molecule has 58 valence electrons. The lowest BCUT2D eigenvalue weighted by molar-refractivity contribution is 0.221. The van der Waals surface area contributed by atoms with Crippen molar-refractivity contribution in [1.29, 1.82) is 0 Å². The summed E-state index contributed by atoms with van der Waals surface area (Å²) >= 11 is 3.18. The van der Waals surface area contributed by atoms with Crippen molar-refractivity contribution in [2.75, 3.05) is 13.1 Å². The van der Waals surface area contributed by atoms with E-state index < -0.39 is 6.10 Å². The van der Waals surface area contributed by atoms with Gasteiger partial charge < -0.3 is 10.4 Å². The lowest BCUT2D eigenvalue weighted by Gasteiger charge is -2.05. The highest BCUT2D eigenvalue weighted by Gasteiger charge is 1.95. The molecule has 2 nitrogen and oxygen atoms in total. The van der Waals surface area contributed by atoms with Gasteiger partial charge in [0.15, 0.2) is 0 Å². The molecule has 0 aromatic carbocycles. The Kier molecular flexibility index (Phi) is 5.58. The lowest BCUT2D eigenvalue weighted by atomic mass is 10.3. The Morgan fingerprint density at radius 3 is 2.80 bits per heavy atom. The van der Waals surface area contributed by atoms with Crippen LogP contribution >= 0.6 is 15.9 Å². The predicted molar refractivity (Wildman–Crippen MR) is 47.1 cm³/mol. The zero-order chi connectivity index (χ0) is 7.98. The second-order valence-corrected chi connectivity index (χ2v) is 3.07. The Morgan fingerprint density at radius 2 is 2.40 bits per heavy atom. The number of nitrogens with one attached hydrogen (secondary N) is 1. The molecule has 0 bridgehead atoms. The molecule has 0 rings (SSSR count). The molecule has 0 unspecified atom stereocenters. The van der Waals surface area contributed by atoms with Crippen LogP contribution in [0.5, 0.6) is 0 Å². The number of aliphatic hydroxyl groups is 1. The molecule has 0 aromatic rings. The molecule has 0 amide bonds. The van der Waals surface area contributed by atoms with Crippen LogP contribution in [0.15, 0.2) is 23.7 Å². The first-order chi connectivity index (χ1) is 4.66. The maximum absolute atomic E-state index is 8.95. The lowest BCUT2D eigenvalue weighted by Crippen LogP contribution is -2.25. The fourth-order valence-electron chi connectivity index (χ4n) is 0.439. The number of halogens is 1. The first kappa shape index (κ1) is 9.88. The number of hydrogen-bond acceptors (Lipinski definition) is 2. The molecular weight excluding hydrogens is 194 g/mol. The minimum absolute atomic E-state index is 0.466. The molecule has 0 fully saturated rings. The number of rotatable bonds is 5. The van der Waals surface area contributed by atoms with Crippen LogP contribution in [0.4, 0.5) is 0 Å².